The van der Waals surface area contributed by atoms with Crippen LogP contribution in [-0.2, 0) is 4.79 Å². The summed E-state index contributed by atoms with van der Waals surface area (Å²) in [5.74, 6) is -0.974. The molecule has 1 aliphatic rings. The fraction of sp³-hybridized carbons (Fsp3) is 0.105. The number of nitrogens with one attached hydrogen (secondary N) is 1. The van der Waals surface area contributed by atoms with E-state index in [1.165, 1.54) is 43.7 Å². The van der Waals surface area contributed by atoms with E-state index in [9.17, 15) is 14.0 Å². The molecule has 3 rings (SSSR count). The third-order valence-electron chi connectivity index (χ3n) is 3.66. The first-order chi connectivity index (χ1) is 13.4. The van der Waals surface area contributed by atoms with Crippen molar-refractivity contribution in [1.82, 2.24) is 5.32 Å². The van der Waals surface area contributed by atoms with Crippen LogP contribution in [0.5, 0.6) is 17.2 Å². The summed E-state index contributed by atoms with van der Waals surface area (Å²) < 4.78 is 24.2. The Labute approximate surface area is 169 Å². The Bertz CT molecular complexity index is 1020. The molecule has 0 saturated heterocycles. The van der Waals surface area contributed by atoms with Crippen molar-refractivity contribution < 1.29 is 23.5 Å². The zero-order valence-electron chi connectivity index (χ0n) is 14.5. The zero-order valence-corrected chi connectivity index (χ0v) is 16.0. The standard InChI is InChI=1S/C19H13Cl2FN2O4/c1-27-18-4-10(22)2-3-16(18)28-17-7-15(21)14(20)6-13(17)19(26)24-11-5-12(25)9-23-8-11/h2-8H,9H2,1H3,(H,24,26). The highest BCUT2D eigenvalue weighted by molar-refractivity contribution is 6.42. The van der Waals surface area contributed by atoms with E-state index in [0.717, 1.165) is 6.07 Å². The number of hydrogen-bond donors (Lipinski definition) is 1. The Balaban J connectivity index is 1.96. The predicted molar refractivity (Wildman–Crippen MR) is 103 cm³/mol. The molecule has 1 aliphatic heterocycles. The van der Waals surface area contributed by atoms with Crippen LogP contribution in [0.2, 0.25) is 10.0 Å². The first-order valence-corrected chi connectivity index (χ1v) is 8.69. The van der Waals surface area contributed by atoms with Crippen LogP contribution in [0, 0.1) is 5.82 Å². The summed E-state index contributed by atoms with van der Waals surface area (Å²) in [6.07, 6.45) is 2.65. The second-order valence-electron chi connectivity index (χ2n) is 5.65. The molecule has 0 radical (unpaired) electrons. The molecule has 0 spiro atoms. The molecule has 6 nitrogen and oxygen atoms in total. The van der Waals surface area contributed by atoms with Crippen molar-refractivity contribution in [2.24, 2.45) is 4.99 Å². The topological polar surface area (TPSA) is 77.0 Å². The van der Waals surface area contributed by atoms with Crippen LogP contribution < -0.4 is 14.8 Å². The van der Waals surface area contributed by atoms with E-state index in [0.29, 0.717) is 0 Å². The average Bonchev–Trinajstić information content (AvgIpc) is 2.65. The van der Waals surface area contributed by atoms with Crippen LogP contribution in [-0.4, -0.2) is 31.6 Å². The van der Waals surface area contributed by atoms with E-state index in [2.05, 4.69) is 10.3 Å². The molecular weight excluding hydrogens is 410 g/mol. The van der Waals surface area contributed by atoms with Crippen LogP contribution in [0.15, 0.2) is 47.1 Å². The highest BCUT2D eigenvalue weighted by atomic mass is 35.5. The number of methoxy groups -OCH3 is 1. The smallest absolute Gasteiger partial charge is 0.259 e. The Morgan fingerprint density at radius 3 is 2.61 bits per heavy atom. The fourth-order valence-corrected chi connectivity index (χ4v) is 2.71. The minimum absolute atomic E-state index is 0.0326. The lowest BCUT2D eigenvalue weighted by Gasteiger charge is -2.15. The summed E-state index contributed by atoms with van der Waals surface area (Å²) in [6.45, 7) is 0.0326. The van der Waals surface area contributed by atoms with Crippen molar-refractivity contribution in [3.63, 3.8) is 0 Å². The lowest BCUT2D eigenvalue weighted by atomic mass is 10.1. The molecule has 28 heavy (non-hydrogen) atoms. The van der Waals surface area contributed by atoms with Gasteiger partial charge in [0.05, 0.1) is 28.4 Å². The Morgan fingerprint density at radius 2 is 1.89 bits per heavy atom. The van der Waals surface area contributed by atoms with Gasteiger partial charge in [-0.3, -0.25) is 14.6 Å². The number of ketones is 1. The third kappa shape index (κ3) is 4.49. The number of aliphatic imine (C=N–C) groups is 1. The molecule has 144 valence electrons. The molecule has 9 heteroatoms. The largest absolute Gasteiger partial charge is 0.493 e. The van der Waals surface area contributed by atoms with E-state index in [1.54, 1.807) is 0 Å². The van der Waals surface area contributed by atoms with E-state index in [4.69, 9.17) is 32.7 Å². The maximum absolute atomic E-state index is 13.4. The fourth-order valence-electron chi connectivity index (χ4n) is 2.39. The minimum atomic E-state index is -0.595. The van der Waals surface area contributed by atoms with Gasteiger partial charge in [0, 0.05) is 24.4 Å². The van der Waals surface area contributed by atoms with Crippen LogP contribution in [0.1, 0.15) is 10.4 Å². The van der Waals surface area contributed by atoms with Crippen molar-refractivity contribution >= 4 is 41.1 Å². The summed E-state index contributed by atoms with van der Waals surface area (Å²) in [7, 11) is 1.36. The van der Waals surface area contributed by atoms with Gasteiger partial charge >= 0.3 is 0 Å². The highest BCUT2D eigenvalue weighted by Crippen LogP contribution is 2.37. The number of carbonyl (C=O) groups is 2. The molecule has 0 aliphatic carbocycles. The van der Waals surface area contributed by atoms with Gasteiger partial charge in [0.25, 0.3) is 5.91 Å². The molecule has 0 unspecified atom stereocenters. The normalized spacial score (nSPS) is 13.1. The van der Waals surface area contributed by atoms with E-state index in [1.807, 2.05) is 0 Å². The molecule has 2 aromatic carbocycles. The van der Waals surface area contributed by atoms with Crippen LogP contribution in [0.3, 0.4) is 0 Å². The van der Waals surface area contributed by atoms with Crippen molar-refractivity contribution in [1.29, 1.82) is 0 Å². The van der Waals surface area contributed by atoms with Crippen molar-refractivity contribution in [2.75, 3.05) is 13.7 Å². The number of amides is 1. The van der Waals surface area contributed by atoms with Gasteiger partial charge in [-0.15, -0.1) is 0 Å². The second-order valence-corrected chi connectivity index (χ2v) is 6.46. The number of hydrogen-bond acceptors (Lipinski definition) is 5. The molecule has 0 atom stereocenters. The average molecular weight is 423 g/mol. The maximum Gasteiger partial charge on any atom is 0.259 e. The molecular formula is C19H13Cl2FN2O4. The molecule has 2 aromatic rings. The monoisotopic (exact) mass is 422 g/mol. The lowest BCUT2D eigenvalue weighted by molar-refractivity contribution is -0.113. The van der Waals surface area contributed by atoms with E-state index in [-0.39, 0.29) is 50.9 Å². The number of ether oxygens (including phenoxy) is 2. The number of benzene rings is 2. The number of nitrogens with zero attached hydrogens (tertiary/aromatic N) is 1. The highest BCUT2D eigenvalue weighted by Gasteiger charge is 2.19. The zero-order chi connectivity index (χ0) is 20.3. The van der Waals surface area contributed by atoms with Crippen LogP contribution >= 0.6 is 23.2 Å². The predicted octanol–water partition coefficient (Wildman–Crippen LogP) is 4.20. The van der Waals surface area contributed by atoms with Crippen LogP contribution in [0.4, 0.5) is 4.39 Å². The van der Waals surface area contributed by atoms with Gasteiger partial charge in [-0.05, 0) is 18.2 Å². The maximum atomic E-state index is 13.4. The van der Waals surface area contributed by atoms with Gasteiger partial charge in [0.2, 0.25) is 0 Å². The molecule has 0 bridgehead atoms. The van der Waals surface area contributed by atoms with Crippen molar-refractivity contribution in [3.05, 3.63) is 63.5 Å². The SMILES string of the molecule is COc1cc(F)ccc1Oc1cc(Cl)c(Cl)cc1C(=O)NC1=CC(=O)CN=C1. The number of halogens is 3. The van der Waals surface area contributed by atoms with E-state index >= 15 is 0 Å². The summed E-state index contributed by atoms with van der Waals surface area (Å²) >= 11 is 12.1. The van der Waals surface area contributed by atoms with Crippen molar-refractivity contribution in [2.45, 2.75) is 0 Å². The molecule has 1 amide bonds. The summed E-state index contributed by atoms with van der Waals surface area (Å²) in [5.41, 5.74) is 0.283. The van der Waals surface area contributed by atoms with Gasteiger partial charge in [0.15, 0.2) is 17.3 Å². The molecule has 1 heterocycles. The number of allylic oxidation sites excluding steroid dienone is 1. The Morgan fingerprint density at radius 1 is 1.14 bits per heavy atom. The van der Waals surface area contributed by atoms with Gasteiger partial charge in [-0.25, -0.2) is 4.39 Å². The first-order valence-electron chi connectivity index (χ1n) is 7.93. The third-order valence-corrected chi connectivity index (χ3v) is 4.39. The van der Waals surface area contributed by atoms with Gasteiger partial charge in [0.1, 0.15) is 18.1 Å². The quantitative estimate of drug-likeness (QED) is 0.782. The number of carbonyl (C=O) groups excluding carboxylic acids is 2. The summed E-state index contributed by atoms with van der Waals surface area (Å²) in [4.78, 5) is 28.0. The molecule has 1 N–H and O–H groups in total. The Kier molecular flexibility index (Phi) is 5.96. The van der Waals surface area contributed by atoms with Gasteiger partial charge < -0.3 is 14.8 Å². The minimum Gasteiger partial charge on any atom is -0.493 e. The molecule has 0 aromatic heterocycles. The van der Waals surface area contributed by atoms with Crippen molar-refractivity contribution in [3.8, 4) is 17.2 Å². The van der Waals surface area contributed by atoms with Crippen LogP contribution in [0.25, 0.3) is 0 Å². The Hall–Kier alpha value is -2.90. The first kappa shape index (κ1) is 19.9. The number of rotatable bonds is 5. The van der Waals surface area contributed by atoms with Gasteiger partial charge in [-0.2, -0.15) is 0 Å². The summed E-state index contributed by atoms with van der Waals surface area (Å²) in [5, 5.41) is 2.84. The summed E-state index contributed by atoms with van der Waals surface area (Å²) in [6, 6.07) is 6.36. The van der Waals surface area contributed by atoms with Gasteiger partial charge in [-0.1, -0.05) is 23.2 Å². The second kappa shape index (κ2) is 8.41. The van der Waals surface area contributed by atoms with E-state index < -0.39 is 11.7 Å². The molecule has 0 fully saturated rings. The molecule has 0 saturated carbocycles. The number of dihydropyridines is 1. The lowest BCUT2D eigenvalue weighted by Crippen LogP contribution is -2.26.